The van der Waals surface area contributed by atoms with Crippen molar-refractivity contribution >= 4 is 10.8 Å². The lowest BCUT2D eigenvalue weighted by atomic mass is 10.1. The number of rotatable bonds is 1. The monoisotopic (exact) mass is 339 g/mol. The predicted molar refractivity (Wildman–Crippen MR) is 103 cm³/mol. The van der Waals surface area contributed by atoms with Gasteiger partial charge in [0.15, 0.2) is 0 Å². The minimum Gasteiger partial charge on any atom is -0.327 e. The van der Waals surface area contributed by atoms with Crippen LogP contribution in [-0.2, 0) is 7.05 Å². The Morgan fingerprint density at radius 1 is 1.00 bits per heavy atom. The molecule has 0 aliphatic carbocycles. The number of para-hydroxylation sites is 1. The van der Waals surface area contributed by atoms with Gasteiger partial charge in [-0.15, -0.1) is 0 Å². The van der Waals surface area contributed by atoms with E-state index in [4.69, 9.17) is 0 Å². The third-order valence-electron chi connectivity index (χ3n) is 4.39. The van der Waals surface area contributed by atoms with Crippen molar-refractivity contribution in [2.45, 2.75) is 6.92 Å². The van der Waals surface area contributed by atoms with Gasteiger partial charge in [-0.1, -0.05) is 36.3 Å². The molecule has 126 valence electrons. The summed E-state index contributed by atoms with van der Waals surface area (Å²) >= 11 is 0. The minimum absolute atomic E-state index is 0.0545. The molecule has 0 radical (unpaired) electrons. The highest BCUT2D eigenvalue weighted by atomic mass is 16.1. The third kappa shape index (κ3) is 2.70. The normalized spacial score (nSPS) is 10.5. The lowest BCUT2D eigenvalue weighted by Crippen LogP contribution is -2.21. The average molecular weight is 339 g/mol. The Hall–Kier alpha value is -3.58. The molecule has 26 heavy (non-hydrogen) atoms. The van der Waals surface area contributed by atoms with Gasteiger partial charge in [0.2, 0.25) is 0 Å². The van der Waals surface area contributed by atoms with Crippen molar-refractivity contribution in [2.24, 2.45) is 7.05 Å². The molecule has 0 spiro atoms. The second-order valence-corrected chi connectivity index (χ2v) is 6.17. The van der Waals surface area contributed by atoms with Gasteiger partial charge in [0.05, 0.1) is 17.9 Å². The zero-order valence-electron chi connectivity index (χ0n) is 14.6. The zero-order valence-corrected chi connectivity index (χ0v) is 14.6. The Morgan fingerprint density at radius 3 is 2.54 bits per heavy atom. The van der Waals surface area contributed by atoms with E-state index < -0.39 is 0 Å². The quantitative estimate of drug-likeness (QED) is 0.499. The van der Waals surface area contributed by atoms with Crippen molar-refractivity contribution in [3.8, 4) is 17.5 Å². The molecule has 4 rings (SSSR count). The molecule has 0 saturated carbocycles. The summed E-state index contributed by atoms with van der Waals surface area (Å²) in [6.07, 6.45) is 3.42. The molecule has 2 aromatic carbocycles. The summed E-state index contributed by atoms with van der Waals surface area (Å²) < 4.78 is 3.59. The molecule has 2 aromatic heterocycles. The molecule has 4 heteroatoms. The second-order valence-electron chi connectivity index (χ2n) is 6.17. The topological polar surface area (TPSA) is 39.8 Å². The Morgan fingerprint density at radius 2 is 1.81 bits per heavy atom. The first kappa shape index (κ1) is 15.9. The van der Waals surface area contributed by atoms with E-state index in [-0.39, 0.29) is 5.56 Å². The number of fused-ring (bicyclic) bond motifs is 1. The second kappa shape index (κ2) is 6.38. The molecule has 0 fully saturated rings. The molecule has 4 nitrogen and oxygen atoms in total. The molecule has 0 aliphatic rings. The number of aryl methyl sites for hydroxylation is 2. The van der Waals surface area contributed by atoms with Gasteiger partial charge in [0.25, 0.3) is 5.56 Å². The largest absolute Gasteiger partial charge is 0.327 e. The highest BCUT2D eigenvalue weighted by molar-refractivity contribution is 5.88. The maximum Gasteiger partial charge on any atom is 0.264 e. The Kier molecular flexibility index (Phi) is 3.91. The van der Waals surface area contributed by atoms with Crippen molar-refractivity contribution in [3.05, 3.63) is 94.4 Å². The first-order chi connectivity index (χ1) is 12.6. The van der Waals surface area contributed by atoms with Crippen LogP contribution in [0, 0.1) is 18.8 Å². The highest BCUT2D eigenvalue weighted by Gasteiger charge is 2.11. The standard InChI is InChI=1S/C22H17N3O/c1-16-13-18-8-6-7-17(11-12-20-14-23-15-24(20)2)21(18)22(26)25(16)19-9-4-3-5-10-19/h3-10,13-15H,1-2H3. The third-order valence-corrected chi connectivity index (χ3v) is 4.39. The molecule has 2 heterocycles. The number of nitrogens with zero attached hydrogens (tertiary/aromatic N) is 3. The molecular weight excluding hydrogens is 322 g/mol. The van der Waals surface area contributed by atoms with E-state index >= 15 is 0 Å². The molecule has 0 N–H and O–H groups in total. The fraction of sp³-hybridized carbons (Fsp3) is 0.0909. The molecule has 0 atom stereocenters. The summed E-state index contributed by atoms with van der Waals surface area (Å²) in [4.78, 5) is 17.4. The van der Waals surface area contributed by atoms with Gasteiger partial charge < -0.3 is 4.57 Å². The van der Waals surface area contributed by atoms with Crippen molar-refractivity contribution in [1.29, 1.82) is 0 Å². The Balaban J connectivity index is 1.98. The average Bonchev–Trinajstić information content (AvgIpc) is 3.05. The lowest BCUT2D eigenvalue weighted by Gasteiger charge is -2.12. The molecule has 0 unspecified atom stereocenters. The van der Waals surface area contributed by atoms with Crippen LogP contribution in [0.25, 0.3) is 16.5 Å². The summed E-state index contributed by atoms with van der Waals surface area (Å²) in [6, 6.07) is 17.5. The van der Waals surface area contributed by atoms with Crippen LogP contribution in [0.3, 0.4) is 0 Å². The van der Waals surface area contributed by atoms with Gasteiger partial charge in [-0.3, -0.25) is 9.36 Å². The van der Waals surface area contributed by atoms with Crippen molar-refractivity contribution in [2.75, 3.05) is 0 Å². The molecule has 0 saturated heterocycles. The maximum absolute atomic E-state index is 13.3. The van der Waals surface area contributed by atoms with Crippen molar-refractivity contribution in [1.82, 2.24) is 14.1 Å². The first-order valence-electron chi connectivity index (χ1n) is 8.34. The zero-order chi connectivity index (χ0) is 18.1. The summed E-state index contributed by atoms with van der Waals surface area (Å²) in [6.45, 7) is 1.95. The van der Waals surface area contributed by atoms with Crippen LogP contribution in [0.15, 0.2) is 71.9 Å². The summed E-state index contributed by atoms with van der Waals surface area (Å²) in [5.74, 6) is 6.25. The Bertz CT molecular complexity index is 1220. The molecule has 0 amide bonds. The van der Waals surface area contributed by atoms with Crippen LogP contribution >= 0.6 is 0 Å². The van der Waals surface area contributed by atoms with E-state index in [9.17, 15) is 4.79 Å². The van der Waals surface area contributed by atoms with Crippen molar-refractivity contribution in [3.63, 3.8) is 0 Å². The number of imidazole rings is 1. The summed E-state index contributed by atoms with van der Waals surface area (Å²) in [7, 11) is 1.89. The van der Waals surface area contributed by atoms with Gasteiger partial charge in [0, 0.05) is 24.0 Å². The van der Waals surface area contributed by atoms with Gasteiger partial charge in [-0.05, 0) is 42.5 Å². The van der Waals surface area contributed by atoms with E-state index in [0.29, 0.717) is 5.39 Å². The van der Waals surface area contributed by atoms with Gasteiger partial charge in [-0.25, -0.2) is 4.98 Å². The molecular formula is C22H17N3O. The first-order valence-corrected chi connectivity index (χ1v) is 8.34. The number of pyridine rings is 1. The minimum atomic E-state index is -0.0545. The van der Waals surface area contributed by atoms with Crippen LogP contribution in [0.5, 0.6) is 0 Å². The number of hydrogen-bond acceptors (Lipinski definition) is 2. The predicted octanol–water partition coefficient (Wildman–Crippen LogP) is 3.43. The van der Waals surface area contributed by atoms with E-state index in [1.807, 2.05) is 73.1 Å². The Labute approximate surface area is 151 Å². The summed E-state index contributed by atoms with van der Waals surface area (Å²) in [5.41, 5.74) is 3.22. The molecule has 0 bridgehead atoms. The van der Waals surface area contributed by atoms with Crippen LogP contribution in [0.4, 0.5) is 0 Å². The van der Waals surface area contributed by atoms with Gasteiger partial charge in [-0.2, -0.15) is 0 Å². The van der Waals surface area contributed by atoms with E-state index in [0.717, 1.165) is 28.0 Å². The number of aromatic nitrogens is 3. The highest BCUT2D eigenvalue weighted by Crippen LogP contribution is 2.18. The summed E-state index contributed by atoms with van der Waals surface area (Å²) in [5, 5.41) is 1.54. The number of hydrogen-bond donors (Lipinski definition) is 0. The smallest absolute Gasteiger partial charge is 0.264 e. The van der Waals surface area contributed by atoms with Crippen LogP contribution in [-0.4, -0.2) is 14.1 Å². The molecule has 0 aliphatic heterocycles. The fourth-order valence-electron chi connectivity index (χ4n) is 3.10. The number of benzene rings is 2. The van der Waals surface area contributed by atoms with Crippen molar-refractivity contribution < 1.29 is 0 Å². The SMILES string of the molecule is Cc1cc2cccc(C#Cc3cncn3C)c2c(=O)n1-c1ccccc1. The van der Waals surface area contributed by atoms with E-state index in [1.54, 1.807) is 17.1 Å². The lowest BCUT2D eigenvalue weighted by molar-refractivity contribution is 0.899. The van der Waals surface area contributed by atoms with Gasteiger partial charge in [0.1, 0.15) is 5.69 Å². The van der Waals surface area contributed by atoms with E-state index in [1.165, 1.54) is 0 Å². The molecule has 4 aromatic rings. The van der Waals surface area contributed by atoms with Crippen LogP contribution in [0.1, 0.15) is 17.0 Å². The maximum atomic E-state index is 13.3. The van der Waals surface area contributed by atoms with Gasteiger partial charge >= 0.3 is 0 Å². The van der Waals surface area contributed by atoms with E-state index in [2.05, 4.69) is 16.8 Å². The van der Waals surface area contributed by atoms with Crippen LogP contribution in [0.2, 0.25) is 0 Å². The van der Waals surface area contributed by atoms with Crippen LogP contribution < -0.4 is 5.56 Å². The fourth-order valence-corrected chi connectivity index (χ4v) is 3.10.